The van der Waals surface area contributed by atoms with Crippen molar-refractivity contribution in [3.63, 3.8) is 0 Å². The van der Waals surface area contributed by atoms with Crippen molar-refractivity contribution in [3.05, 3.63) is 54.1 Å². The van der Waals surface area contributed by atoms with Crippen LogP contribution in [0.2, 0.25) is 0 Å². The molecule has 2 aromatic carbocycles. The second kappa shape index (κ2) is 7.65. The van der Waals surface area contributed by atoms with Crippen molar-refractivity contribution in [2.24, 2.45) is 0 Å². The zero-order valence-corrected chi connectivity index (χ0v) is 13.8. The number of rotatable bonds is 3. The molecule has 0 atom stereocenters. The molecule has 1 aliphatic rings. The molecule has 1 aliphatic heterocycles. The van der Waals surface area contributed by atoms with Crippen molar-refractivity contribution in [2.45, 2.75) is 6.18 Å². The maximum Gasteiger partial charge on any atom is 0.417 e. The lowest BCUT2D eigenvalue weighted by atomic mass is 10.1. The van der Waals surface area contributed by atoms with Crippen LogP contribution in [0, 0.1) is 0 Å². The van der Waals surface area contributed by atoms with E-state index in [0.29, 0.717) is 37.7 Å². The van der Waals surface area contributed by atoms with Gasteiger partial charge < -0.3 is 14.4 Å². The van der Waals surface area contributed by atoms with E-state index in [2.05, 4.69) is 5.32 Å². The first kappa shape index (κ1) is 18.1. The van der Waals surface area contributed by atoms with E-state index in [4.69, 9.17) is 9.47 Å². The van der Waals surface area contributed by atoms with Crippen molar-refractivity contribution in [3.8, 4) is 5.75 Å². The van der Waals surface area contributed by atoms with Gasteiger partial charge in [-0.25, -0.2) is 4.79 Å². The molecule has 1 fully saturated rings. The Hall–Kier alpha value is -2.74. The molecular formula is C18H17F3N2O3. The average molecular weight is 366 g/mol. The fraction of sp³-hybridized carbons (Fsp3) is 0.278. The van der Waals surface area contributed by atoms with Crippen molar-refractivity contribution in [1.29, 1.82) is 0 Å². The van der Waals surface area contributed by atoms with Crippen LogP contribution in [0.1, 0.15) is 5.56 Å². The molecular weight excluding hydrogens is 349 g/mol. The molecule has 1 N–H and O–H groups in total. The molecule has 2 aromatic rings. The number of anilines is 2. The first-order chi connectivity index (χ1) is 12.4. The van der Waals surface area contributed by atoms with Crippen molar-refractivity contribution >= 4 is 17.5 Å². The molecule has 0 aromatic heterocycles. The Labute approximate surface area is 148 Å². The second-order valence-electron chi connectivity index (χ2n) is 5.69. The van der Waals surface area contributed by atoms with E-state index in [-0.39, 0.29) is 5.69 Å². The van der Waals surface area contributed by atoms with Crippen LogP contribution in [0.25, 0.3) is 0 Å². The highest BCUT2D eigenvalue weighted by atomic mass is 19.4. The van der Waals surface area contributed by atoms with Crippen LogP contribution < -0.4 is 15.0 Å². The SMILES string of the molecule is O=C(Nc1cc(N2CCOCC2)cc(C(F)(F)F)c1)Oc1ccccc1. The summed E-state index contributed by atoms with van der Waals surface area (Å²) in [5.41, 5.74) is -0.447. The van der Waals surface area contributed by atoms with E-state index in [1.807, 2.05) is 0 Å². The Balaban J connectivity index is 1.81. The average Bonchev–Trinajstić information content (AvgIpc) is 2.62. The minimum Gasteiger partial charge on any atom is -0.410 e. The van der Waals surface area contributed by atoms with Gasteiger partial charge in [0, 0.05) is 24.5 Å². The monoisotopic (exact) mass is 366 g/mol. The number of morpholine rings is 1. The Kier molecular flexibility index (Phi) is 5.32. The number of benzene rings is 2. The fourth-order valence-corrected chi connectivity index (χ4v) is 2.59. The number of halogens is 3. The number of hydrogen-bond acceptors (Lipinski definition) is 4. The lowest BCUT2D eigenvalue weighted by Gasteiger charge is -2.29. The zero-order chi connectivity index (χ0) is 18.6. The van der Waals surface area contributed by atoms with E-state index in [0.717, 1.165) is 12.1 Å². The Morgan fingerprint density at radius 1 is 1.08 bits per heavy atom. The van der Waals surface area contributed by atoms with Crippen LogP contribution >= 0.6 is 0 Å². The molecule has 0 saturated carbocycles. The van der Waals surface area contributed by atoms with E-state index < -0.39 is 17.8 Å². The number of carbonyl (C=O) groups excluding carboxylic acids is 1. The predicted molar refractivity (Wildman–Crippen MR) is 90.6 cm³/mol. The molecule has 3 rings (SSSR count). The van der Waals surface area contributed by atoms with E-state index in [1.54, 1.807) is 35.2 Å². The normalized spacial score (nSPS) is 14.8. The number of nitrogens with zero attached hydrogens (tertiary/aromatic N) is 1. The van der Waals surface area contributed by atoms with Gasteiger partial charge in [-0.1, -0.05) is 18.2 Å². The highest BCUT2D eigenvalue weighted by molar-refractivity contribution is 5.87. The lowest BCUT2D eigenvalue weighted by molar-refractivity contribution is -0.137. The fourth-order valence-electron chi connectivity index (χ4n) is 2.59. The van der Waals surface area contributed by atoms with Gasteiger partial charge >= 0.3 is 12.3 Å². The third-order valence-corrected chi connectivity index (χ3v) is 3.82. The summed E-state index contributed by atoms with van der Waals surface area (Å²) in [4.78, 5) is 13.8. The largest absolute Gasteiger partial charge is 0.417 e. The van der Waals surface area contributed by atoms with Crippen LogP contribution in [0.3, 0.4) is 0 Å². The minimum atomic E-state index is -4.53. The van der Waals surface area contributed by atoms with Gasteiger partial charge in [0.05, 0.1) is 18.8 Å². The van der Waals surface area contributed by atoms with Crippen LogP contribution in [0.5, 0.6) is 5.75 Å². The summed E-state index contributed by atoms with van der Waals surface area (Å²) >= 11 is 0. The number of hydrogen-bond donors (Lipinski definition) is 1. The summed E-state index contributed by atoms with van der Waals surface area (Å²) in [5.74, 6) is 0.297. The number of amides is 1. The summed E-state index contributed by atoms with van der Waals surface area (Å²) in [6.07, 6.45) is -5.38. The molecule has 8 heteroatoms. The van der Waals surface area contributed by atoms with Crippen LogP contribution in [-0.4, -0.2) is 32.4 Å². The van der Waals surface area contributed by atoms with Gasteiger partial charge in [-0.15, -0.1) is 0 Å². The number of para-hydroxylation sites is 1. The van der Waals surface area contributed by atoms with Crippen molar-refractivity contribution in [2.75, 3.05) is 36.5 Å². The maximum atomic E-state index is 13.2. The Morgan fingerprint density at radius 2 is 1.77 bits per heavy atom. The highest BCUT2D eigenvalue weighted by Crippen LogP contribution is 2.34. The number of ether oxygens (including phenoxy) is 2. The van der Waals surface area contributed by atoms with Gasteiger partial charge in [0.25, 0.3) is 0 Å². The third kappa shape index (κ3) is 4.66. The third-order valence-electron chi connectivity index (χ3n) is 3.82. The molecule has 26 heavy (non-hydrogen) atoms. The molecule has 0 aliphatic carbocycles. The summed E-state index contributed by atoms with van der Waals surface area (Å²) in [6, 6.07) is 11.7. The van der Waals surface area contributed by atoms with Gasteiger partial charge in [0.15, 0.2) is 0 Å². The molecule has 0 radical (unpaired) electrons. The number of carbonyl (C=O) groups is 1. The first-order valence-electron chi connectivity index (χ1n) is 8.01. The number of nitrogens with one attached hydrogen (secondary N) is 1. The van der Waals surface area contributed by atoms with Crippen molar-refractivity contribution < 1.29 is 27.4 Å². The van der Waals surface area contributed by atoms with Crippen molar-refractivity contribution in [1.82, 2.24) is 0 Å². The van der Waals surface area contributed by atoms with Gasteiger partial charge in [-0.2, -0.15) is 13.2 Å². The molecule has 0 bridgehead atoms. The van der Waals surface area contributed by atoms with Crippen LogP contribution in [-0.2, 0) is 10.9 Å². The van der Waals surface area contributed by atoms with E-state index >= 15 is 0 Å². The Morgan fingerprint density at radius 3 is 2.42 bits per heavy atom. The van der Waals surface area contributed by atoms with Gasteiger partial charge in [-0.3, -0.25) is 5.32 Å². The predicted octanol–water partition coefficient (Wildman–Crippen LogP) is 4.15. The summed E-state index contributed by atoms with van der Waals surface area (Å²) in [6.45, 7) is 1.84. The summed E-state index contributed by atoms with van der Waals surface area (Å²) < 4.78 is 49.9. The molecule has 0 unspecified atom stereocenters. The lowest BCUT2D eigenvalue weighted by Crippen LogP contribution is -2.36. The molecule has 0 spiro atoms. The molecule has 1 saturated heterocycles. The highest BCUT2D eigenvalue weighted by Gasteiger charge is 2.32. The first-order valence-corrected chi connectivity index (χ1v) is 8.01. The Bertz CT molecular complexity index is 760. The quantitative estimate of drug-likeness (QED) is 0.887. The molecule has 1 heterocycles. The smallest absolute Gasteiger partial charge is 0.410 e. The van der Waals surface area contributed by atoms with Crippen LogP contribution in [0.15, 0.2) is 48.5 Å². The molecule has 5 nitrogen and oxygen atoms in total. The maximum absolute atomic E-state index is 13.2. The topological polar surface area (TPSA) is 50.8 Å². The van der Waals surface area contributed by atoms with Crippen LogP contribution in [0.4, 0.5) is 29.3 Å². The van der Waals surface area contributed by atoms with Gasteiger partial charge in [0.2, 0.25) is 0 Å². The number of alkyl halides is 3. The summed E-state index contributed by atoms with van der Waals surface area (Å²) in [7, 11) is 0. The minimum absolute atomic E-state index is 0.0160. The standard InChI is InChI=1S/C18H17F3N2O3/c19-18(20,21)13-10-14(12-15(11-13)23-6-8-25-9-7-23)22-17(24)26-16-4-2-1-3-5-16/h1-5,10-12H,6-9H2,(H,22,24). The molecule has 1 amide bonds. The van der Waals surface area contributed by atoms with Gasteiger partial charge in [-0.05, 0) is 30.3 Å². The zero-order valence-electron chi connectivity index (χ0n) is 13.8. The van der Waals surface area contributed by atoms with Gasteiger partial charge in [0.1, 0.15) is 5.75 Å². The van der Waals surface area contributed by atoms with E-state index in [9.17, 15) is 18.0 Å². The van der Waals surface area contributed by atoms with E-state index in [1.165, 1.54) is 6.07 Å². The second-order valence-corrected chi connectivity index (χ2v) is 5.69. The summed E-state index contributed by atoms with van der Waals surface area (Å²) in [5, 5.41) is 2.36. The molecule has 138 valence electrons.